The van der Waals surface area contributed by atoms with E-state index >= 15 is 0 Å². The van der Waals surface area contributed by atoms with Gasteiger partial charge in [-0.15, -0.1) is 11.8 Å². The fourth-order valence-corrected chi connectivity index (χ4v) is 4.77. The topological polar surface area (TPSA) is 85.8 Å². The van der Waals surface area contributed by atoms with E-state index in [4.69, 9.17) is 21.4 Å². The highest BCUT2D eigenvalue weighted by atomic mass is 35.5. The number of halogens is 4. The Balaban J connectivity index is 2.19. The van der Waals surface area contributed by atoms with Crippen molar-refractivity contribution in [3.8, 4) is 16.9 Å². The van der Waals surface area contributed by atoms with Crippen LogP contribution in [-0.2, 0) is 6.18 Å². The number of rotatable bonds is 9. The number of thioether (sulfide) groups is 1. The van der Waals surface area contributed by atoms with E-state index in [9.17, 15) is 23.1 Å². The van der Waals surface area contributed by atoms with Crippen molar-refractivity contribution in [2.45, 2.75) is 17.2 Å². The third kappa shape index (κ3) is 6.05. The summed E-state index contributed by atoms with van der Waals surface area (Å²) in [6.45, 7) is 0.539. The van der Waals surface area contributed by atoms with Crippen LogP contribution in [0.25, 0.3) is 22.0 Å². The number of pyridine rings is 1. The molecule has 2 aromatic carbocycles. The second-order valence-electron chi connectivity index (χ2n) is 7.71. The summed E-state index contributed by atoms with van der Waals surface area (Å²) in [5.74, 6) is 0.429. The number of fused-ring (bicyclic) bond motifs is 1. The number of aromatic nitrogens is 1. The van der Waals surface area contributed by atoms with Crippen LogP contribution in [0.15, 0.2) is 46.1 Å². The number of alkyl halides is 3. The van der Waals surface area contributed by atoms with Crippen LogP contribution >= 0.6 is 23.4 Å². The summed E-state index contributed by atoms with van der Waals surface area (Å²) in [6, 6.07) is 7.79. The molecule has 0 amide bonds. The van der Waals surface area contributed by atoms with Gasteiger partial charge in [0.05, 0.1) is 30.3 Å². The van der Waals surface area contributed by atoms with Crippen LogP contribution in [0.1, 0.15) is 5.56 Å². The van der Waals surface area contributed by atoms with Crippen molar-refractivity contribution in [1.29, 1.82) is 0 Å². The Hall–Kier alpha value is -2.24. The van der Waals surface area contributed by atoms with Gasteiger partial charge < -0.3 is 24.8 Å². The normalized spacial score (nSPS) is 13.0. The summed E-state index contributed by atoms with van der Waals surface area (Å²) < 4.78 is 45.9. The van der Waals surface area contributed by atoms with Crippen LogP contribution in [0.2, 0.25) is 5.02 Å². The first-order valence-electron chi connectivity index (χ1n) is 10.3. The molecule has 0 aliphatic carbocycles. The van der Waals surface area contributed by atoms with Crippen LogP contribution in [-0.4, -0.2) is 65.8 Å². The Kier molecular flexibility index (Phi) is 8.53. The molecular weight excluding hydrogens is 493 g/mol. The Labute approximate surface area is 203 Å². The molecule has 3 rings (SSSR count). The summed E-state index contributed by atoms with van der Waals surface area (Å²) in [4.78, 5) is 17.5. The summed E-state index contributed by atoms with van der Waals surface area (Å²) in [5, 5.41) is 19.9. The highest BCUT2D eigenvalue weighted by Gasteiger charge is 2.31. The molecule has 0 bridgehead atoms. The maximum absolute atomic E-state index is 13.5. The van der Waals surface area contributed by atoms with E-state index in [1.807, 2.05) is 0 Å². The molecule has 0 aliphatic heterocycles. The maximum atomic E-state index is 13.5. The molecule has 3 aromatic rings. The quantitative estimate of drug-likeness (QED) is 0.369. The molecule has 0 aliphatic rings. The van der Waals surface area contributed by atoms with Gasteiger partial charge in [-0.2, -0.15) is 13.2 Å². The van der Waals surface area contributed by atoms with Crippen LogP contribution < -0.4 is 10.3 Å². The minimum absolute atomic E-state index is 0.0685. The van der Waals surface area contributed by atoms with Gasteiger partial charge in [-0.05, 0) is 43.4 Å². The zero-order valence-electron chi connectivity index (χ0n) is 18.4. The fourth-order valence-electron chi connectivity index (χ4n) is 3.59. The van der Waals surface area contributed by atoms with Gasteiger partial charge in [-0.25, -0.2) is 0 Å². The molecule has 1 heterocycles. The van der Waals surface area contributed by atoms with E-state index in [0.717, 1.165) is 23.9 Å². The Morgan fingerprint density at radius 1 is 1.24 bits per heavy atom. The molecule has 6 nitrogen and oxygen atoms in total. The molecule has 3 N–H and O–H groups in total. The van der Waals surface area contributed by atoms with E-state index in [0.29, 0.717) is 22.9 Å². The number of nitrogens with zero attached hydrogens (tertiary/aromatic N) is 1. The molecule has 1 aromatic heterocycles. The molecule has 0 radical (unpaired) electrons. The number of ether oxygens (including phenoxy) is 1. The third-order valence-corrected chi connectivity index (χ3v) is 6.62. The average Bonchev–Trinajstić information content (AvgIpc) is 2.76. The lowest BCUT2D eigenvalue weighted by Crippen LogP contribution is -2.32. The van der Waals surface area contributed by atoms with Crippen molar-refractivity contribution in [2.75, 3.05) is 39.6 Å². The van der Waals surface area contributed by atoms with Gasteiger partial charge in [-0.1, -0.05) is 11.6 Å². The monoisotopic (exact) mass is 516 g/mol. The van der Waals surface area contributed by atoms with E-state index in [2.05, 4.69) is 4.98 Å². The molecule has 184 valence electrons. The number of aromatic amines is 1. The Morgan fingerprint density at radius 2 is 1.97 bits per heavy atom. The second-order valence-corrected chi connectivity index (χ2v) is 9.18. The molecule has 0 saturated carbocycles. The summed E-state index contributed by atoms with van der Waals surface area (Å²) >= 11 is 7.22. The molecule has 34 heavy (non-hydrogen) atoms. The molecule has 1 atom stereocenters. The van der Waals surface area contributed by atoms with Crippen molar-refractivity contribution in [3.63, 3.8) is 0 Å². The smallest absolute Gasteiger partial charge is 0.416 e. The SMILES string of the molecule is COc1ccc(Cl)cc1-c1c(SCC(O)CN(C)CCO)c(=O)[nH]c2ccc(C(F)(F)F)cc12. The number of hydrogen-bond donors (Lipinski definition) is 3. The minimum Gasteiger partial charge on any atom is -0.496 e. The first-order chi connectivity index (χ1) is 16.0. The zero-order chi connectivity index (χ0) is 25.0. The van der Waals surface area contributed by atoms with Crippen molar-refractivity contribution in [3.05, 3.63) is 57.3 Å². The molecule has 1 unspecified atom stereocenters. The summed E-state index contributed by atoms with van der Waals surface area (Å²) in [6.07, 6.45) is -5.44. The van der Waals surface area contributed by atoms with Crippen molar-refractivity contribution >= 4 is 34.3 Å². The molecule has 0 spiro atoms. The van der Waals surface area contributed by atoms with Gasteiger partial charge in [0.15, 0.2) is 0 Å². The number of H-pyrrole nitrogens is 1. The Morgan fingerprint density at radius 3 is 2.62 bits per heavy atom. The minimum atomic E-state index is -4.58. The average molecular weight is 517 g/mol. The largest absolute Gasteiger partial charge is 0.496 e. The number of aliphatic hydroxyl groups is 2. The predicted molar refractivity (Wildman–Crippen MR) is 128 cm³/mol. The van der Waals surface area contributed by atoms with Crippen molar-refractivity contribution in [1.82, 2.24) is 9.88 Å². The van der Waals surface area contributed by atoms with Gasteiger partial charge in [0.25, 0.3) is 5.56 Å². The highest BCUT2D eigenvalue weighted by Crippen LogP contribution is 2.42. The predicted octanol–water partition coefficient (Wildman–Crippen LogP) is 4.25. The number of likely N-dealkylation sites (N-methyl/N-ethyl adjacent to an activating group) is 1. The lowest BCUT2D eigenvalue weighted by molar-refractivity contribution is -0.137. The third-order valence-electron chi connectivity index (χ3n) is 5.15. The van der Waals surface area contributed by atoms with Crippen LogP contribution in [0.5, 0.6) is 5.75 Å². The molecule has 0 fully saturated rings. The highest BCUT2D eigenvalue weighted by molar-refractivity contribution is 7.99. The first kappa shape index (κ1) is 26.4. The van der Waals surface area contributed by atoms with Crippen LogP contribution in [0.3, 0.4) is 0 Å². The lowest BCUT2D eigenvalue weighted by atomic mass is 9.98. The lowest BCUT2D eigenvalue weighted by Gasteiger charge is -2.20. The van der Waals surface area contributed by atoms with Gasteiger partial charge in [0, 0.05) is 45.9 Å². The number of hydrogen-bond acceptors (Lipinski definition) is 6. The summed E-state index contributed by atoms with van der Waals surface area (Å²) in [5.41, 5.74) is -0.548. The van der Waals surface area contributed by atoms with Gasteiger partial charge >= 0.3 is 6.18 Å². The molecular formula is C23H24ClF3N2O4S. The standard InChI is InChI=1S/C23H24ClF3N2O4S/c1-29(7-8-30)11-15(31)12-34-21-20(17-10-14(24)4-6-19(17)33-2)16-9-13(23(25,26)27)3-5-18(16)28-22(21)32/h3-6,9-10,15,30-31H,7-8,11-12H2,1-2H3,(H,28,32). The van der Waals surface area contributed by atoms with Crippen molar-refractivity contribution in [2.24, 2.45) is 0 Å². The Bertz CT molecular complexity index is 1220. The van der Waals surface area contributed by atoms with E-state index in [1.54, 1.807) is 24.1 Å². The summed E-state index contributed by atoms with van der Waals surface area (Å²) in [7, 11) is 3.14. The second kappa shape index (κ2) is 11.0. The van der Waals surface area contributed by atoms with E-state index in [1.165, 1.54) is 19.2 Å². The number of methoxy groups -OCH3 is 1. The number of benzene rings is 2. The van der Waals surface area contributed by atoms with E-state index in [-0.39, 0.29) is 40.3 Å². The molecule has 11 heteroatoms. The van der Waals surface area contributed by atoms with Crippen LogP contribution in [0.4, 0.5) is 13.2 Å². The van der Waals surface area contributed by atoms with Gasteiger partial charge in [-0.3, -0.25) is 4.79 Å². The van der Waals surface area contributed by atoms with Crippen molar-refractivity contribution < 1.29 is 28.1 Å². The van der Waals surface area contributed by atoms with E-state index < -0.39 is 23.4 Å². The van der Waals surface area contributed by atoms with Gasteiger partial charge in [0.2, 0.25) is 0 Å². The fraction of sp³-hybridized carbons (Fsp3) is 0.348. The van der Waals surface area contributed by atoms with Gasteiger partial charge in [0.1, 0.15) is 5.75 Å². The first-order valence-corrected chi connectivity index (χ1v) is 11.6. The zero-order valence-corrected chi connectivity index (χ0v) is 20.0. The van der Waals surface area contributed by atoms with Crippen LogP contribution in [0, 0.1) is 0 Å². The maximum Gasteiger partial charge on any atom is 0.416 e. The number of nitrogens with one attached hydrogen (secondary N) is 1. The number of aliphatic hydroxyl groups excluding tert-OH is 2. The molecule has 0 saturated heterocycles.